The first kappa shape index (κ1) is 26.7. The first-order valence-electron chi connectivity index (χ1n) is 12.7. The fraction of sp³-hybridized carbons (Fsp3) is 0.200. The first-order chi connectivity index (χ1) is 19.4. The van der Waals surface area contributed by atoms with E-state index in [1.54, 1.807) is 48.8 Å². The van der Waals surface area contributed by atoms with Crippen LogP contribution in [0, 0.1) is 17.1 Å². The molecular weight excluding hydrogens is 511 g/mol. The van der Waals surface area contributed by atoms with Crippen molar-refractivity contribution >= 4 is 17.3 Å². The number of hydrogen-bond acceptors (Lipinski definition) is 8. The second-order valence-electron chi connectivity index (χ2n) is 9.43. The topological polar surface area (TPSA) is 137 Å². The lowest BCUT2D eigenvalue weighted by molar-refractivity contribution is 0.102. The molecule has 10 heteroatoms. The minimum absolute atomic E-state index is 0.0775. The van der Waals surface area contributed by atoms with Crippen LogP contribution in [0.15, 0.2) is 73.1 Å². The second-order valence-corrected chi connectivity index (χ2v) is 9.43. The van der Waals surface area contributed by atoms with Crippen molar-refractivity contribution in [3.63, 3.8) is 0 Å². The van der Waals surface area contributed by atoms with Gasteiger partial charge in [0.25, 0.3) is 5.91 Å². The number of hydrogen-bond donors (Lipinski definition) is 3. The van der Waals surface area contributed by atoms with Crippen LogP contribution in [-0.2, 0) is 0 Å². The minimum atomic E-state index is -0.519. The lowest BCUT2D eigenvalue weighted by Crippen LogP contribution is -2.33. The molecule has 40 heavy (non-hydrogen) atoms. The molecule has 5 rings (SSSR count). The number of aromatic nitrogens is 2. The maximum Gasteiger partial charge on any atom is 0.274 e. The van der Waals surface area contributed by atoms with E-state index in [1.807, 2.05) is 11.0 Å². The molecule has 4 aromatic rings. The summed E-state index contributed by atoms with van der Waals surface area (Å²) in [6, 6.07) is 18.0. The zero-order valence-electron chi connectivity index (χ0n) is 21.7. The number of nitriles is 1. The van der Waals surface area contributed by atoms with Gasteiger partial charge >= 0.3 is 0 Å². The molecule has 3 heterocycles. The predicted octanol–water partition coefficient (Wildman–Crippen LogP) is 3.98. The SMILES string of the molecule is COc1cccc(F)c1-c1cccc(C(=O)Nc2ccc(-c3cnccc3C#N)cc2N2C[C@@H](N)C[C@H]2CO)n1. The number of carbonyl (C=O) groups excluding carboxylic acids is 1. The van der Waals surface area contributed by atoms with E-state index in [-0.39, 0.29) is 35.6 Å². The summed E-state index contributed by atoms with van der Waals surface area (Å²) in [7, 11) is 1.44. The molecule has 0 saturated carbocycles. The summed E-state index contributed by atoms with van der Waals surface area (Å²) < 4.78 is 20.0. The molecule has 2 aromatic heterocycles. The number of nitrogens with zero attached hydrogens (tertiary/aromatic N) is 4. The Morgan fingerprint density at radius 3 is 2.85 bits per heavy atom. The van der Waals surface area contributed by atoms with E-state index in [2.05, 4.69) is 21.4 Å². The van der Waals surface area contributed by atoms with Crippen molar-refractivity contribution in [1.82, 2.24) is 9.97 Å². The van der Waals surface area contributed by atoms with Crippen LogP contribution in [0.2, 0.25) is 0 Å². The van der Waals surface area contributed by atoms with Crippen LogP contribution in [0.1, 0.15) is 22.5 Å². The fourth-order valence-corrected chi connectivity index (χ4v) is 5.00. The Kier molecular flexibility index (Phi) is 7.68. The predicted molar refractivity (Wildman–Crippen MR) is 149 cm³/mol. The summed E-state index contributed by atoms with van der Waals surface area (Å²) in [6.07, 6.45) is 3.75. The zero-order valence-corrected chi connectivity index (χ0v) is 21.7. The van der Waals surface area contributed by atoms with Gasteiger partial charge in [0, 0.05) is 30.5 Å². The lowest BCUT2D eigenvalue weighted by atomic mass is 10.0. The number of pyridine rings is 2. The van der Waals surface area contributed by atoms with Crippen LogP contribution in [-0.4, -0.2) is 53.3 Å². The normalized spacial score (nSPS) is 16.4. The van der Waals surface area contributed by atoms with Crippen LogP contribution < -0.4 is 20.7 Å². The van der Waals surface area contributed by atoms with Gasteiger partial charge in [0.1, 0.15) is 17.3 Å². The van der Waals surface area contributed by atoms with Gasteiger partial charge in [-0.2, -0.15) is 5.26 Å². The molecular formula is C30H27FN6O3. The molecule has 0 unspecified atom stereocenters. The molecule has 0 bridgehead atoms. The Labute approximate surface area is 230 Å². The van der Waals surface area contributed by atoms with E-state index in [0.29, 0.717) is 41.2 Å². The summed E-state index contributed by atoms with van der Waals surface area (Å²) in [5, 5.41) is 22.6. The number of methoxy groups -OCH3 is 1. The number of anilines is 2. The number of carbonyl (C=O) groups is 1. The molecule has 2 aromatic carbocycles. The Hall–Kier alpha value is -4.85. The third kappa shape index (κ3) is 5.20. The Bertz CT molecular complexity index is 1600. The fourth-order valence-electron chi connectivity index (χ4n) is 5.00. The van der Waals surface area contributed by atoms with Gasteiger partial charge in [-0.3, -0.25) is 9.78 Å². The van der Waals surface area contributed by atoms with Crippen LogP contribution in [0.4, 0.5) is 15.8 Å². The van der Waals surface area contributed by atoms with Gasteiger partial charge in [-0.1, -0.05) is 18.2 Å². The molecule has 1 fully saturated rings. The number of benzene rings is 2. The molecule has 1 aliphatic rings. The van der Waals surface area contributed by atoms with E-state index in [9.17, 15) is 19.6 Å². The molecule has 0 spiro atoms. The number of nitrogens with two attached hydrogens (primary N) is 1. The van der Waals surface area contributed by atoms with E-state index < -0.39 is 11.7 Å². The van der Waals surface area contributed by atoms with Gasteiger partial charge in [0.05, 0.1) is 54.0 Å². The number of nitrogens with one attached hydrogen (secondary N) is 1. The maximum atomic E-state index is 14.7. The van der Waals surface area contributed by atoms with Crippen LogP contribution in [0.25, 0.3) is 22.4 Å². The average Bonchev–Trinajstić information content (AvgIpc) is 3.37. The molecule has 0 aliphatic carbocycles. The molecule has 4 N–H and O–H groups in total. The zero-order chi connectivity index (χ0) is 28.2. The maximum absolute atomic E-state index is 14.7. The van der Waals surface area contributed by atoms with Crippen molar-refractivity contribution in [3.8, 4) is 34.2 Å². The lowest BCUT2D eigenvalue weighted by Gasteiger charge is -2.28. The van der Waals surface area contributed by atoms with Gasteiger partial charge in [-0.05, 0) is 54.4 Å². The quantitative estimate of drug-likeness (QED) is 0.321. The smallest absolute Gasteiger partial charge is 0.274 e. The second kappa shape index (κ2) is 11.5. The molecule has 1 amide bonds. The Morgan fingerprint density at radius 1 is 1.25 bits per heavy atom. The Morgan fingerprint density at radius 2 is 2.08 bits per heavy atom. The third-order valence-electron chi connectivity index (χ3n) is 6.90. The summed E-state index contributed by atoms with van der Waals surface area (Å²) in [5.74, 6) is -0.723. The molecule has 2 atom stereocenters. The van der Waals surface area contributed by atoms with Crippen LogP contribution in [0.5, 0.6) is 5.75 Å². The summed E-state index contributed by atoms with van der Waals surface area (Å²) >= 11 is 0. The van der Waals surface area contributed by atoms with Crippen LogP contribution >= 0.6 is 0 Å². The van der Waals surface area contributed by atoms with Crippen molar-refractivity contribution < 1.29 is 19.0 Å². The largest absolute Gasteiger partial charge is 0.496 e. The average molecular weight is 539 g/mol. The summed E-state index contributed by atoms with van der Waals surface area (Å²) in [5.41, 5.74) is 9.65. The molecule has 9 nitrogen and oxygen atoms in total. The molecule has 0 radical (unpaired) electrons. The van der Waals surface area contributed by atoms with E-state index in [4.69, 9.17) is 10.5 Å². The number of amides is 1. The monoisotopic (exact) mass is 538 g/mol. The number of halogens is 1. The van der Waals surface area contributed by atoms with Crippen molar-refractivity contribution in [2.45, 2.75) is 18.5 Å². The molecule has 202 valence electrons. The summed E-state index contributed by atoms with van der Waals surface area (Å²) in [4.78, 5) is 24.0. The number of aliphatic hydroxyl groups excluding tert-OH is 1. The van der Waals surface area contributed by atoms with Crippen LogP contribution in [0.3, 0.4) is 0 Å². The Balaban J connectivity index is 1.53. The minimum Gasteiger partial charge on any atom is -0.496 e. The highest BCUT2D eigenvalue weighted by Gasteiger charge is 2.31. The van der Waals surface area contributed by atoms with Crippen molar-refractivity contribution in [2.24, 2.45) is 5.73 Å². The highest BCUT2D eigenvalue weighted by atomic mass is 19.1. The van der Waals surface area contributed by atoms with E-state index in [1.165, 1.54) is 25.3 Å². The molecule has 1 saturated heterocycles. The molecule has 1 aliphatic heterocycles. The van der Waals surface area contributed by atoms with Gasteiger partial charge in [0.2, 0.25) is 0 Å². The summed E-state index contributed by atoms with van der Waals surface area (Å²) in [6.45, 7) is 0.353. The van der Waals surface area contributed by atoms with Crippen molar-refractivity contribution in [3.05, 3.63) is 90.1 Å². The van der Waals surface area contributed by atoms with Gasteiger partial charge < -0.3 is 25.8 Å². The number of ether oxygens (including phenoxy) is 1. The number of aliphatic hydroxyl groups is 1. The van der Waals surface area contributed by atoms with Crippen molar-refractivity contribution in [1.29, 1.82) is 5.26 Å². The first-order valence-corrected chi connectivity index (χ1v) is 12.7. The van der Waals surface area contributed by atoms with E-state index in [0.717, 1.165) is 5.56 Å². The van der Waals surface area contributed by atoms with Gasteiger partial charge in [-0.25, -0.2) is 9.37 Å². The highest BCUT2D eigenvalue weighted by Crippen LogP contribution is 2.37. The van der Waals surface area contributed by atoms with Crippen molar-refractivity contribution in [2.75, 3.05) is 30.5 Å². The highest BCUT2D eigenvalue weighted by molar-refractivity contribution is 6.05. The van der Waals surface area contributed by atoms with E-state index >= 15 is 0 Å². The number of rotatable bonds is 7. The van der Waals surface area contributed by atoms with Gasteiger partial charge in [0.15, 0.2) is 0 Å². The standard InChI is InChI=1S/C30H27FN6O3/c1-40-28-7-2-4-23(31)29(28)25-5-3-6-26(35-25)30(39)36-24-9-8-18(22-15-34-11-10-19(22)14-32)12-27(24)37-16-20(33)13-21(37)17-38/h2-12,15,20-21,38H,13,16-17,33H2,1H3,(H,36,39)/t20-,21-/m0/s1. The third-order valence-corrected chi connectivity index (χ3v) is 6.90. The van der Waals surface area contributed by atoms with Gasteiger partial charge in [-0.15, -0.1) is 0 Å².